The molecule has 0 saturated heterocycles. The normalized spacial score (nSPS) is 13.3. The summed E-state index contributed by atoms with van der Waals surface area (Å²) in [7, 11) is -0.142. The first kappa shape index (κ1) is 21.9. The van der Waals surface area contributed by atoms with E-state index in [1.807, 2.05) is 0 Å². The Hall–Kier alpha value is -1.10. The molecule has 0 aliphatic carbocycles. The summed E-state index contributed by atoms with van der Waals surface area (Å²) >= 11 is 0. The molecule has 3 nitrogen and oxygen atoms in total. The molecule has 0 radical (unpaired) electrons. The maximum absolute atomic E-state index is 12.8. The van der Waals surface area contributed by atoms with Crippen LogP contribution in [0, 0.1) is 0 Å². The van der Waals surface area contributed by atoms with Gasteiger partial charge in [0.25, 0.3) is 0 Å². The van der Waals surface area contributed by atoms with Crippen molar-refractivity contribution in [2.45, 2.75) is 38.2 Å². The lowest BCUT2D eigenvalue weighted by atomic mass is 10.0. The van der Waals surface area contributed by atoms with Crippen LogP contribution in [0.1, 0.15) is 30.0 Å². The number of hydrogen-bond acceptors (Lipinski definition) is 3. The van der Waals surface area contributed by atoms with E-state index < -0.39 is 32.3 Å². The first-order valence-electron chi connectivity index (χ1n) is 7.50. The van der Waals surface area contributed by atoms with Crippen molar-refractivity contribution in [3.05, 3.63) is 34.9 Å². The van der Waals surface area contributed by atoms with Gasteiger partial charge < -0.3 is 13.3 Å². The van der Waals surface area contributed by atoms with Crippen molar-refractivity contribution in [3.8, 4) is 0 Å². The van der Waals surface area contributed by atoms with Gasteiger partial charge >= 0.3 is 21.2 Å². The summed E-state index contributed by atoms with van der Waals surface area (Å²) in [6, 6.07) is 1.87. The molecule has 0 heterocycles. The molecule has 0 fully saturated rings. The highest BCUT2D eigenvalue weighted by Crippen LogP contribution is 2.36. The Labute approximate surface area is 143 Å². The zero-order valence-corrected chi connectivity index (χ0v) is 15.1. The second-order valence-electron chi connectivity index (χ2n) is 5.29. The number of hydrogen-bond donors (Lipinski definition) is 0. The van der Waals surface area contributed by atoms with Crippen molar-refractivity contribution in [3.63, 3.8) is 0 Å². The minimum Gasteiger partial charge on any atom is -0.377 e. The van der Waals surface area contributed by atoms with Crippen LogP contribution in [0.4, 0.5) is 26.3 Å². The third kappa shape index (κ3) is 6.28. The number of aryl methyl sites for hydroxylation is 1. The number of rotatable bonds is 8. The Bertz CT molecular complexity index is 523. The molecule has 25 heavy (non-hydrogen) atoms. The van der Waals surface area contributed by atoms with Crippen LogP contribution in [-0.4, -0.2) is 29.6 Å². The molecular formula is C15H20F6O3Si. The van der Waals surface area contributed by atoms with E-state index in [4.69, 9.17) is 13.3 Å². The van der Waals surface area contributed by atoms with Crippen LogP contribution < -0.4 is 0 Å². The Morgan fingerprint density at radius 3 is 1.72 bits per heavy atom. The van der Waals surface area contributed by atoms with Crippen molar-refractivity contribution < 1.29 is 39.6 Å². The van der Waals surface area contributed by atoms with Gasteiger partial charge in [-0.2, -0.15) is 26.3 Å². The number of halogens is 6. The van der Waals surface area contributed by atoms with Crippen LogP contribution >= 0.6 is 0 Å². The zero-order chi connectivity index (χ0) is 19.3. The van der Waals surface area contributed by atoms with Crippen LogP contribution in [0.2, 0.25) is 6.04 Å². The highest BCUT2D eigenvalue weighted by Gasteiger charge is 2.39. The Morgan fingerprint density at radius 2 is 1.36 bits per heavy atom. The van der Waals surface area contributed by atoms with Crippen LogP contribution in [0.3, 0.4) is 0 Å². The molecule has 10 heteroatoms. The number of benzene rings is 1. The summed E-state index contributed by atoms with van der Waals surface area (Å²) in [6.45, 7) is 2.07. The molecule has 0 aromatic heterocycles. The van der Waals surface area contributed by atoms with E-state index in [2.05, 4.69) is 0 Å². The minimum atomic E-state index is -4.85. The Balaban J connectivity index is 2.98. The molecule has 0 atom stereocenters. The third-order valence-corrected chi connectivity index (χ3v) is 6.52. The first-order valence-corrected chi connectivity index (χ1v) is 9.43. The molecule has 0 aliphatic heterocycles. The first-order chi connectivity index (χ1) is 11.5. The maximum atomic E-state index is 12.8. The largest absolute Gasteiger partial charge is 0.500 e. The van der Waals surface area contributed by atoms with Gasteiger partial charge in [-0.05, 0) is 43.5 Å². The van der Waals surface area contributed by atoms with Gasteiger partial charge in [0.15, 0.2) is 0 Å². The summed E-state index contributed by atoms with van der Waals surface area (Å²) in [4.78, 5) is 0. The van der Waals surface area contributed by atoms with Crippen molar-refractivity contribution in [1.29, 1.82) is 0 Å². The third-order valence-electron chi connectivity index (χ3n) is 3.58. The molecule has 144 valence electrons. The van der Waals surface area contributed by atoms with Gasteiger partial charge in [0.05, 0.1) is 11.1 Å². The molecule has 0 bridgehead atoms. The molecule has 1 aromatic rings. The fraction of sp³-hybridized carbons (Fsp3) is 0.600. The van der Waals surface area contributed by atoms with Gasteiger partial charge in [0, 0.05) is 26.9 Å². The van der Waals surface area contributed by atoms with E-state index >= 15 is 0 Å². The summed E-state index contributed by atoms with van der Waals surface area (Å²) in [5.74, 6) is 0. The molecule has 0 spiro atoms. The Morgan fingerprint density at radius 1 is 0.880 bits per heavy atom. The van der Waals surface area contributed by atoms with E-state index in [0.29, 0.717) is 6.61 Å². The fourth-order valence-electron chi connectivity index (χ4n) is 2.37. The van der Waals surface area contributed by atoms with Crippen LogP contribution in [0.25, 0.3) is 0 Å². The average Bonchev–Trinajstić information content (AvgIpc) is 2.52. The van der Waals surface area contributed by atoms with Gasteiger partial charge in [-0.25, -0.2) is 0 Å². The summed E-state index contributed by atoms with van der Waals surface area (Å²) in [6.07, 6.45) is -9.41. The Kier molecular flexibility index (Phi) is 7.48. The van der Waals surface area contributed by atoms with E-state index in [9.17, 15) is 26.3 Å². The van der Waals surface area contributed by atoms with Crippen molar-refractivity contribution in [2.75, 3.05) is 20.8 Å². The van der Waals surface area contributed by atoms with Crippen LogP contribution in [0.5, 0.6) is 0 Å². The predicted octanol–water partition coefficient (Wildman–Crippen LogP) is 4.93. The molecule has 0 aliphatic rings. The van der Waals surface area contributed by atoms with Crippen LogP contribution in [-0.2, 0) is 32.1 Å². The lowest BCUT2D eigenvalue weighted by Crippen LogP contribution is -2.43. The summed E-state index contributed by atoms with van der Waals surface area (Å²) in [5.41, 5.74) is -2.68. The van der Waals surface area contributed by atoms with E-state index in [0.717, 1.165) is 12.1 Å². The minimum absolute atomic E-state index is 0.0154. The van der Waals surface area contributed by atoms with Crippen LogP contribution in [0.15, 0.2) is 18.2 Å². The smallest absolute Gasteiger partial charge is 0.377 e. The summed E-state index contributed by atoms with van der Waals surface area (Å²) in [5, 5.41) is 0. The molecule has 0 N–H and O–H groups in total. The van der Waals surface area contributed by atoms with E-state index in [-0.39, 0.29) is 30.5 Å². The van der Waals surface area contributed by atoms with Crippen molar-refractivity contribution >= 4 is 8.80 Å². The quantitative estimate of drug-likeness (QED) is 0.466. The highest BCUT2D eigenvalue weighted by atomic mass is 28.4. The van der Waals surface area contributed by atoms with Crippen molar-refractivity contribution in [1.82, 2.24) is 0 Å². The summed E-state index contributed by atoms with van der Waals surface area (Å²) < 4.78 is 93.0. The number of alkyl halides is 6. The van der Waals surface area contributed by atoms with Gasteiger partial charge in [0.2, 0.25) is 0 Å². The van der Waals surface area contributed by atoms with Crippen molar-refractivity contribution in [2.24, 2.45) is 0 Å². The predicted molar refractivity (Wildman–Crippen MR) is 81.0 cm³/mol. The maximum Gasteiger partial charge on any atom is 0.500 e. The van der Waals surface area contributed by atoms with E-state index in [1.165, 1.54) is 14.2 Å². The van der Waals surface area contributed by atoms with E-state index in [1.54, 1.807) is 6.92 Å². The molecule has 0 unspecified atom stereocenters. The van der Waals surface area contributed by atoms with Gasteiger partial charge in [-0.1, -0.05) is 0 Å². The SMILES string of the molecule is CCO[Si](CCCc1cc(C(F)(F)F)cc(C(F)(F)F)c1)(OC)OC. The topological polar surface area (TPSA) is 27.7 Å². The van der Waals surface area contributed by atoms with Gasteiger partial charge in [-0.3, -0.25) is 0 Å². The molecule has 0 amide bonds. The lowest BCUT2D eigenvalue weighted by Gasteiger charge is -2.25. The molecular weight excluding hydrogens is 370 g/mol. The second-order valence-corrected chi connectivity index (χ2v) is 8.26. The zero-order valence-electron chi connectivity index (χ0n) is 14.1. The molecule has 1 rings (SSSR count). The second kappa shape index (κ2) is 8.52. The monoisotopic (exact) mass is 390 g/mol. The lowest BCUT2D eigenvalue weighted by molar-refractivity contribution is -0.143. The average molecular weight is 390 g/mol. The van der Waals surface area contributed by atoms with Gasteiger partial charge in [-0.15, -0.1) is 0 Å². The standard InChI is InChI=1S/C15H20F6O3Si/c1-4-24-25(22-2,23-3)7-5-6-11-8-12(14(16,17)18)10-13(9-11)15(19,20)21/h8-10H,4-7H2,1-3H3. The fourth-order valence-corrected chi connectivity index (χ4v) is 4.37. The molecule has 0 saturated carbocycles. The van der Waals surface area contributed by atoms with Gasteiger partial charge in [0.1, 0.15) is 0 Å². The highest BCUT2D eigenvalue weighted by molar-refractivity contribution is 6.60. The molecule has 1 aromatic carbocycles.